The lowest BCUT2D eigenvalue weighted by atomic mass is 10.2. The van der Waals surface area contributed by atoms with Crippen molar-refractivity contribution >= 4 is 16.9 Å². The Morgan fingerprint density at radius 1 is 1.38 bits per heavy atom. The number of rotatable bonds is 5. The van der Waals surface area contributed by atoms with Crippen LogP contribution in [0.4, 0.5) is 0 Å². The second-order valence-electron chi connectivity index (χ2n) is 3.79. The fraction of sp³-hybridized carbons (Fsp3) is 0.333. The molecule has 0 aliphatic heterocycles. The number of aromatic nitrogens is 2. The minimum Gasteiger partial charge on any atom is -0.481 e. The SMILES string of the molecule is O=C(O)CCCCn1ccc2ccncc21. The van der Waals surface area contributed by atoms with E-state index in [1.807, 2.05) is 24.5 Å². The third-order valence-electron chi connectivity index (χ3n) is 2.62. The summed E-state index contributed by atoms with van der Waals surface area (Å²) in [5.74, 6) is -0.723. The molecule has 0 aliphatic rings. The normalized spacial score (nSPS) is 10.8. The Balaban J connectivity index is 1.97. The Labute approximate surface area is 93.5 Å². The van der Waals surface area contributed by atoms with E-state index in [0.717, 1.165) is 24.9 Å². The van der Waals surface area contributed by atoms with Gasteiger partial charge in [0, 0.05) is 30.7 Å². The summed E-state index contributed by atoms with van der Waals surface area (Å²) in [6, 6.07) is 4.03. The summed E-state index contributed by atoms with van der Waals surface area (Å²) < 4.78 is 2.12. The zero-order chi connectivity index (χ0) is 11.4. The van der Waals surface area contributed by atoms with Crippen LogP contribution in [0.3, 0.4) is 0 Å². The number of hydrogen-bond acceptors (Lipinski definition) is 2. The lowest BCUT2D eigenvalue weighted by molar-refractivity contribution is -0.137. The molecule has 0 unspecified atom stereocenters. The van der Waals surface area contributed by atoms with Gasteiger partial charge in [-0.15, -0.1) is 0 Å². The summed E-state index contributed by atoms with van der Waals surface area (Å²) in [6.07, 6.45) is 7.48. The number of nitrogens with zero attached hydrogens (tertiary/aromatic N) is 2. The van der Waals surface area contributed by atoms with Crippen molar-refractivity contribution < 1.29 is 9.90 Å². The van der Waals surface area contributed by atoms with E-state index in [0.29, 0.717) is 0 Å². The van der Waals surface area contributed by atoms with Crippen molar-refractivity contribution in [2.24, 2.45) is 0 Å². The predicted octanol–water partition coefficient (Wildman–Crippen LogP) is 2.29. The quantitative estimate of drug-likeness (QED) is 0.783. The van der Waals surface area contributed by atoms with Crippen molar-refractivity contribution in [3.8, 4) is 0 Å². The van der Waals surface area contributed by atoms with Gasteiger partial charge in [-0.3, -0.25) is 9.78 Å². The van der Waals surface area contributed by atoms with Gasteiger partial charge in [-0.2, -0.15) is 0 Å². The number of carbonyl (C=O) groups is 1. The first-order valence-corrected chi connectivity index (χ1v) is 5.38. The molecule has 16 heavy (non-hydrogen) atoms. The molecule has 0 atom stereocenters. The van der Waals surface area contributed by atoms with Gasteiger partial charge in [-0.25, -0.2) is 0 Å². The smallest absolute Gasteiger partial charge is 0.303 e. The first-order chi connectivity index (χ1) is 7.77. The summed E-state index contributed by atoms with van der Waals surface area (Å²) >= 11 is 0. The van der Waals surface area contributed by atoms with E-state index in [2.05, 4.69) is 9.55 Å². The summed E-state index contributed by atoms with van der Waals surface area (Å²) in [5.41, 5.74) is 1.11. The van der Waals surface area contributed by atoms with Gasteiger partial charge in [-0.05, 0) is 25.0 Å². The lowest BCUT2D eigenvalue weighted by Gasteiger charge is -2.03. The molecule has 84 valence electrons. The number of unbranched alkanes of at least 4 members (excludes halogenated alkanes) is 1. The van der Waals surface area contributed by atoms with Crippen LogP contribution >= 0.6 is 0 Å². The van der Waals surface area contributed by atoms with E-state index in [1.54, 1.807) is 6.20 Å². The molecule has 2 aromatic rings. The Bertz CT molecular complexity index is 490. The van der Waals surface area contributed by atoms with Crippen LogP contribution in [0.1, 0.15) is 19.3 Å². The Kier molecular flexibility index (Phi) is 3.19. The van der Waals surface area contributed by atoms with Crippen molar-refractivity contribution in [3.63, 3.8) is 0 Å². The average molecular weight is 218 g/mol. The average Bonchev–Trinajstić information content (AvgIpc) is 2.68. The molecule has 4 nitrogen and oxygen atoms in total. The Morgan fingerprint density at radius 2 is 2.25 bits per heavy atom. The highest BCUT2D eigenvalue weighted by Gasteiger charge is 2.01. The first kappa shape index (κ1) is 10.7. The predicted molar refractivity (Wildman–Crippen MR) is 61.2 cm³/mol. The molecule has 0 saturated heterocycles. The highest BCUT2D eigenvalue weighted by atomic mass is 16.4. The van der Waals surface area contributed by atoms with Gasteiger partial charge < -0.3 is 9.67 Å². The fourth-order valence-corrected chi connectivity index (χ4v) is 1.78. The standard InChI is InChI=1S/C12H14N2O2/c15-12(16)3-1-2-7-14-8-5-10-4-6-13-9-11(10)14/h4-6,8-9H,1-3,7H2,(H,15,16). The fourth-order valence-electron chi connectivity index (χ4n) is 1.78. The minimum absolute atomic E-state index is 0.247. The van der Waals surface area contributed by atoms with Crippen LogP contribution in [0.2, 0.25) is 0 Å². The number of carboxylic acid groups (broad SMARTS) is 1. The van der Waals surface area contributed by atoms with Crippen molar-refractivity contribution in [1.29, 1.82) is 0 Å². The maximum absolute atomic E-state index is 10.4. The molecule has 2 rings (SSSR count). The Morgan fingerprint density at radius 3 is 3.06 bits per heavy atom. The van der Waals surface area contributed by atoms with Crippen LogP contribution in [0.25, 0.3) is 10.9 Å². The molecule has 0 spiro atoms. The molecule has 2 aromatic heterocycles. The van der Waals surface area contributed by atoms with Gasteiger partial charge in [0.05, 0.1) is 11.7 Å². The van der Waals surface area contributed by atoms with Crippen molar-refractivity contribution in [1.82, 2.24) is 9.55 Å². The molecular weight excluding hydrogens is 204 g/mol. The summed E-state index contributed by atoms with van der Waals surface area (Å²) in [7, 11) is 0. The number of carboxylic acids is 1. The maximum atomic E-state index is 10.4. The summed E-state index contributed by atoms with van der Waals surface area (Å²) in [5, 5.41) is 9.70. The second-order valence-corrected chi connectivity index (χ2v) is 3.79. The molecule has 2 heterocycles. The molecular formula is C12H14N2O2. The van der Waals surface area contributed by atoms with E-state index < -0.39 is 5.97 Å². The van der Waals surface area contributed by atoms with E-state index in [1.165, 1.54) is 5.39 Å². The number of pyridine rings is 1. The number of hydrogen-bond donors (Lipinski definition) is 1. The zero-order valence-electron chi connectivity index (χ0n) is 8.97. The summed E-state index contributed by atoms with van der Waals surface area (Å²) in [4.78, 5) is 14.4. The van der Waals surface area contributed by atoms with E-state index in [9.17, 15) is 4.79 Å². The van der Waals surface area contributed by atoms with E-state index in [4.69, 9.17) is 5.11 Å². The van der Waals surface area contributed by atoms with Crippen molar-refractivity contribution in [2.45, 2.75) is 25.8 Å². The van der Waals surface area contributed by atoms with Gasteiger partial charge in [0.2, 0.25) is 0 Å². The highest BCUT2D eigenvalue weighted by Crippen LogP contribution is 2.14. The number of aliphatic carboxylic acids is 1. The molecule has 0 aliphatic carbocycles. The number of fused-ring (bicyclic) bond motifs is 1. The second kappa shape index (κ2) is 4.79. The van der Waals surface area contributed by atoms with Crippen LogP contribution in [0.5, 0.6) is 0 Å². The van der Waals surface area contributed by atoms with Gasteiger partial charge >= 0.3 is 5.97 Å². The minimum atomic E-state index is -0.723. The van der Waals surface area contributed by atoms with Gasteiger partial charge in [0.15, 0.2) is 0 Å². The van der Waals surface area contributed by atoms with Crippen LogP contribution in [-0.2, 0) is 11.3 Å². The Hall–Kier alpha value is -1.84. The van der Waals surface area contributed by atoms with E-state index in [-0.39, 0.29) is 6.42 Å². The molecule has 1 N–H and O–H groups in total. The molecule has 0 amide bonds. The third kappa shape index (κ3) is 2.39. The molecule has 0 aromatic carbocycles. The molecule has 4 heteroatoms. The maximum Gasteiger partial charge on any atom is 0.303 e. The molecule has 0 bridgehead atoms. The molecule has 0 saturated carbocycles. The van der Waals surface area contributed by atoms with E-state index >= 15 is 0 Å². The van der Waals surface area contributed by atoms with Crippen molar-refractivity contribution in [3.05, 3.63) is 30.7 Å². The highest BCUT2D eigenvalue weighted by molar-refractivity contribution is 5.78. The van der Waals surface area contributed by atoms with Gasteiger partial charge in [0.1, 0.15) is 0 Å². The summed E-state index contributed by atoms with van der Waals surface area (Å²) in [6.45, 7) is 0.850. The first-order valence-electron chi connectivity index (χ1n) is 5.38. The number of aryl methyl sites for hydroxylation is 1. The lowest BCUT2D eigenvalue weighted by Crippen LogP contribution is -1.99. The third-order valence-corrected chi connectivity index (χ3v) is 2.62. The zero-order valence-corrected chi connectivity index (χ0v) is 8.97. The van der Waals surface area contributed by atoms with Crippen LogP contribution < -0.4 is 0 Å². The largest absolute Gasteiger partial charge is 0.481 e. The van der Waals surface area contributed by atoms with Crippen LogP contribution in [-0.4, -0.2) is 20.6 Å². The molecule has 0 radical (unpaired) electrons. The van der Waals surface area contributed by atoms with Gasteiger partial charge in [0.25, 0.3) is 0 Å². The van der Waals surface area contributed by atoms with Crippen molar-refractivity contribution in [2.75, 3.05) is 0 Å². The molecule has 0 fully saturated rings. The topological polar surface area (TPSA) is 55.1 Å². The van der Waals surface area contributed by atoms with Gasteiger partial charge in [-0.1, -0.05) is 0 Å². The van der Waals surface area contributed by atoms with Crippen LogP contribution in [0, 0.1) is 0 Å². The van der Waals surface area contributed by atoms with Crippen LogP contribution in [0.15, 0.2) is 30.7 Å². The monoisotopic (exact) mass is 218 g/mol.